The zero-order chi connectivity index (χ0) is 25.2. The van der Waals surface area contributed by atoms with Crippen LogP contribution in [-0.2, 0) is 0 Å². The van der Waals surface area contributed by atoms with Crippen LogP contribution in [0, 0.1) is 0 Å². The van der Waals surface area contributed by atoms with E-state index in [1.807, 2.05) is 53.1 Å². The van der Waals surface area contributed by atoms with Crippen LogP contribution in [0.15, 0.2) is 91.0 Å². The van der Waals surface area contributed by atoms with Gasteiger partial charge < -0.3 is 31.8 Å². The van der Waals surface area contributed by atoms with Crippen molar-refractivity contribution in [2.75, 3.05) is 14.2 Å². The van der Waals surface area contributed by atoms with Crippen molar-refractivity contribution >= 4 is 30.5 Å². The molecule has 4 aromatic rings. The second-order valence-corrected chi connectivity index (χ2v) is 7.76. The number of carboxylic acid groups (broad SMARTS) is 1. The lowest BCUT2D eigenvalue weighted by molar-refractivity contribution is -0.738. The molecule has 1 atom stereocenters. The molecule has 0 spiro atoms. The van der Waals surface area contributed by atoms with Gasteiger partial charge in [0.2, 0.25) is 0 Å². The Kier molecular flexibility index (Phi) is 8.61. The Bertz CT molecular complexity index is 1450. The zero-order valence-electron chi connectivity index (χ0n) is 20.2. The summed E-state index contributed by atoms with van der Waals surface area (Å²) in [6.45, 7) is 0. The molecule has 0 bridgehead atoms. The number of urea groups is 1. The van der Waals surface area contributed by atoms with Crippen molar-refractivity contribution in [2.24, 2.45) is 4.99 Å². The molecule has 198 valence electrons. The Hall–Kier alpha value is -4.55. The number of hydrogen-bond donors (Lipinski definition) is 1. The number of rotatable bonds is 5. The molecule has 12 nitrogen and oxygen atoms in total. The molecular weight excluding hydrogens is 537 g/mol. The minimum Gasteiger partial charge on any atom is -1.00 e. The minimum absolute atomic E-state index is 0. The number of methoxy groups -OCH3 is 2. The van der Waals surface area contributed by atoms with Crippen molar-refractivity contribution < 1.29 is 45.7 Å². The van der Waals surface area contributed by atoms with Crippen LogP contribution in [0.2, 0.25) is 0 Å². The standard InChI is InChI=1S/C24H21N7O5.2ClH/c1-35-19-7-3-17(4-8-19)27-11-13-29(15-27)21-25-22(31(24(33)34)23(32)26-21)30-14-12-28(16-30)18-5-9-20(36-2)10-6-18;;/h3-16,22H,1-2H3;2*1H. The largest absolute Gasteiger partial charge is 1.00 e. The number of ether oxygens (including phenoxy) is 2. The van der Waals surface area contributed by atoms with E-state index in [0.717, 1.165) is 17.1 Å². The summed E-state index contributed by atoms with van der Waals surface area (Å²) in [4.78, 5) is 29.6. The van der Waals surface area contributed by atoms with Gasteiger partial charge in [-0.15, -0.1) is 12.4 Å². The number of imidazole rings is 2. The van der Waals surface area contributed by atoms with Crippen LogP contribution in [0.25, 0.3) is 11.4 Å². The van der Waals surface area contributed by atoms with E-state index in [2.05, 4.69) is 10.3 Å². The van der Waals surface area contributed by atoms with Gasteiger partial charge in [-0.05, 0) is 48.5 Å². The van der Waals surface area contributed by atoms with Crippen LogP contribution in [0.4, 0.5) is 9.59 Å². The number of nitrogens with zero attached hydrogens (tertiary/aromatic N) is 6. The van der Waals surface area contributed by atoms with Gasteiger partial charge in [0.25, 0.3) is 6.33 Å². The second kappa shape index (κ2) is 11.7. The summed E-state index contributed by atoms with van der Waals surface area (Å²) in [5.74, 6) is 1.59. The molecule has 1 N–H and O–H groups in total. The van der Waals surface area contributed by atoms with Crippen LogP contribution >= 0.6 is 12.4 Å². The maximum Gasteiger partial charge on any atom is 0.379 e. The van der Waals surface area contributed by atoms with Crippen LogP contribution in [0.5, 0.6) is 11.5 Å². The fourth-order valence-electron chi connectivity index (χ4n) is 3.77. The van der Waals surface area contributed by atoms with E-state index in [4.69, 9.17) is 9.47 Å². The van der Waals surface area contributed by atoms with Gasteiger partial charge in [-0.3, -0.25) is 4.57 Å². The van der Waals surface area contributed by atoms with Crippen molar-refractivity contribution in [3.63, 3.8) is 0 Å². The quantitative estimate of drug-likeness (QED) is 0.284. The third-order valence-electron chi connectivity index (χ3n) is 5.65. The third kappa shape index (κ3) is 5.41. The lowest BCUT2D eigenvalue weighted by Gasteiger charge is -2.27. The smallest absolute Gasteiger partial charge is 0.379 e. The van der Waals surface area contributed by atoms with Gasteiger partial charge in [-0.25, -0.2) is 19.2 Å². The number of carbonyl (C=O) groups is 2. The molecule has 0 fully saturated rings. The topological polar surface area (TPSA) is 121 Å². The molecule has 0 aliphatic carbocycles. The lowest BCUT2D eigenvalue weighted by atomic mass is 10.3. The molecule has 0 saturated heterocycles. The first kappa shape index (κ1) is 28.0. The minimum atomic E-state index is -1.68. The number of nitrogens with one attached hydrogen (secondary N) is 1. The molecule has 38 heavy (non-hydrogen) atoms. The Labute approximate surface area is 229 Å². The van der Waals surface area contributed by atoms with Gasteiger partial charge in [0.05, 0.1) is 32.3 Å². The van der Waals surface area contributed by atoms with Gasteiger partial charge in [0.15, 0.2) is 12.4 Å². The second-order valence-electron chi connectivity index (χ2n) is 7.76. The average Bonchev–Trinajstić information content (AvgIpc) is 3.59. The number of imide groups is 1. The van der Waals surface area contributed by atoms with Crippen LogP contribution in [-0.4, -0.2) is 46.3 Å². The molecule has 2 aromatic heterocycles. The predicted molar refractivity (Wildman–Crippen MR) is 130 cm³/mol. The van der Waals surface area contributed by atoms with Crippen LogP contribution in [0.3, 0.4) is 0 Å². The van der Waals surface area contributed by atoms with Gasteiger partial charge in [0.1, 0.15) is 29.6 Å². The molecule has 1 aliphatic rings. The highest BCUT2D eigenvalue weighted by Crippen LogP contribution is 2.17. The van der Waals surface area contributed by atoms with E-state index < -0.39 is 18.4 Å². The molecule has 0 radical (unpaired) electrons. The molecule has 2 aromatic carbocycles. The van der Waals surface area contributed by atoms with Gasteiger partial charge in [-0.1, -0.05) is 4.99 Å². The molecule has 0 saturated carbocycles. The number of hydrogen-bond acceptors (Lipinski definition) is 6. The van der Waals surface area contributed by atoms with Crippen molar-refractivity contribution in [2.45, 2.75) is 6.29 Å². The van der Waals surface area contributed by atoms with E-state index in [9.17, 15) is 14.7 Å². The van der Waals surface area contributed by atoms with Crippen LogP contribution < -0.4 is 41.4 Å². The summed E-state index contributed by atoms with van der Waals surface area (Å²) >= 11 is 0. The van der Waals surface area contributed by atoms with E-state index >= 15 is 0 Å². The highest BCUT2D eigenvalue weighted by molar-refractivity contribution is 5.99. The maximum absolute atomic E-state index is 12.7. The molecular formula is C24H23Cl2N7O5. The Balaban J connectivity index is 0.00000200. The average molecular weight is 560 g/mol. The highest BCUT2D eigenvalue weighted by atomic mass is 35.5. The summed E-state index contributed by atoms with van der Waals surface area (Å²) in [6.07, 6.45) is 7.28. The van der Waals surface area contributed by atoms with Gasteiger partial charge >= 0.3 is 18.3 Å². The Morgan fingerprint density at radius 2 is 1.45 bits per heavy atom. The monoisotopic (exact) mass is 559 g/mol. The summed E-state index contributed by atoms with van der Waals surface area (Å²) < 4.78 is 17.1. The van der Waals surface area contributed by atoms with Crippen molar-refractivity contribution in [1.29, 1.82) is 0 Å². The lowest BCUT2D eigenvalue weighted by Crippen LogP contribution is -3.00. The molecule has 1 unspecified atom stereocenters. The summed E-state index contributed by atoms with van der Waals surface area (Å²) in [5.41, 5.74) is 1.67. The number of benzene rings is 2. The van der Waals surface area contributed by atoms with Gasteiger partial charge in [0, 0.05) is 0 Å². The predicted octanol–water partition coefficient (Wildman–Crippen LogP) is -1.99. The van der Waals surface area contributed by atoms with E-state index in [0.29, 0.717) is 10.6 Å². The fourth-order valence-corrected chi connectivity index (χ4v) is 3.77. The van der Waals surface area contributed by atoms with Crippen molar-refractivity contribution in [1.82, 2.24) is 19.4 Å². The number of halogens is 2. The van der Waals surface area contributed by atoms with E-state index in [1.165, 1.54) is 4.57 Å². The first-order valence-corrected chi connectivity index (χ1v) is 10.8. The fraction of sp³-hybridized carbons (Fsp3) is 0.125. The Morgan fingerprint density at radius 3 is 1.97 bits per heavy atom. The summed E-state index contributed by atoms with van der Waals surface area (Å²) in [5, 5.41) is 14.3. The number of carbonyl (C=O) groups excluding carboxylic acids is 2. The molecule has 14 heteroatoms. The van der Waals surface area contributed by atoms with Crippen molar-refractivity contribution in [3.8, 4) is 22.9 Å². The SMILES string of the molecule is COc1ccc(-n2cc[n+](C3=NC([n+]4ccn(-c5ccc(OC)cc5)c4)N(C(=O)[O-])C(=O)N3)c2)cc1.Cl.[Cl-]. The molecule has 1 aliphatic heterocycles. The molecule has 5 rings (SSSR count). The number of amides is 3. The van der Waals surface area contributed by atoms with Crippen LogP contribution in [0.1, 0.15) is 6.29 Å². The Morgan fingerprint density at radius 1 is 0.921 bits per heavy atom. The first-order chi connectivity index (χ1) is 17.5. The van der Waals surface area contributed by atoms with E-state index in [1.54, 1.807) is 60.8 Å². The normalized spacial score (nSPS) is 14.5. The first-order valence-electron chi connectivity index (χ1n) is 10.8. The zero-order valence-corrected chi connectivity index (χ0v) is 21.7. The number of aliphatic imine (C=N–C) groups is 1. The third-order valence-corrected chi connectivity index (χ3v) is 5.65. The number of aromatic nitrogens is 4. The summed E-state index contributed by atoms with van der Waals surface area (Å²) in [7, 11) is 3.18. The van der Waals surface area contributed by atoms with Crippen molar-refractivity contribution in [3.05, 3.63) is 86.0 Å². The highest BCUT2D eigenvalue weighted by Gasteiger charge is 2.40. The van der Waals surface area contributed by atoms with Gasteiger partial charge in [-0.2, -0.15) is 9.47 Å². The summed E-state index contributed by atoms with van der Waals surface area (Å²) in [6, 6.07) is 13.8. The molecule has 3 amide bonds. The van der Waals surface area contributed by atoms with E-state index in [-0.39, 0.29) is 30.8 Å². The maximum atomic E-state index is 12.7. The molecule has 3 heterocycles.